The summed E-state index contributed by atoms with van der Waals surface area (Å²) >= 11 is 0. The van der Waals surface area contributed by atoms with Crippen molar-refractivity contribution >= 4 is 22.7 Å². The molecule has 1 atom stereocenters. The van der Waals surface area contributed by atoms with Gasteiger partial charge in [-0.1, -0.05) is 45.9 Å². The molecule has 0 fully saturated rings. The zero-order valence-electron chi connectivity index (χ0n) is 19.6. The third-order valence-electron chi connectivity index (χ3n) is 5.93. The first-order valence-corrected chi connectivity index (χ1v) is 11.5. The number of benzene rings is 3. The van der Waals surface area contributed by atoms with Gasteiger partial charge in [-0.25, -0.2) is 4.98 Å². The van der Waals surface area contributed by atoms with E-state index in [4.69, 9.17) is 9.15 Å². The van der Waals surface area contributed by atoms with E-state index in [9.17, 15) is 4.79 Å². The molecule has 170 valence electrons. The maximum atomic E-state index is 12.3. The molecule has 5 nitrogen and oxygen atoms in total. The van der Waals surface area contributed by atoms with Crippen LogP contribution in [0.2, 0.25) is 0 Å². The number of rotatable bonds is 8. The van der Waals surface area contributed by atoms with E-state index in [1.54, 1.807) is 0 Å². The molecule has 0 saturated heterocycles. The Morgan fingerprint density at radius 3 is 2.33 bits per heavy atom. The molecule has 33 heavy (non-hydrogen) atoms. The maximum absolute atomic E-state index is 12.3. The number of amides is 1. The van der Waals surface area contributed by atoms with Crippen LogP contribution in [0, 0.1) is 0 Å². The quantitative estimate of drug-likeness (QED) is 0.315. The highest BCUT2D eigenvalue weighted by Crippen LogP contribution is 2.28. The summed E-state index contributed by atoms with van der Waals surface area (Å²) in [4.78, 5) is 16.9. The summed E-state index contributed by atoms with van der Waals surface area (Å²) in [7, 11) is 0. The van der Waals surface area contributed by atoms with Crippen LogP contribution in [0.4, 0.5) is 5.69 Å². The summed E-state index contributed by atoms with van der Waals surface area (Å²) in [5.74, 6) is 1.98. The highest BCUT2D eigenvalue weighted by atomic mass is 16.5. The fourth-order valence-corrected chi connectivity index (χ4v) is 3.60. The summed E-state index contributed by atoms with van der Waals surface area (Å²) < 4.78 is 11.5. The van der Waals surface area contributed by atoms with E-state index in [1.807, 2.05) is 54.6 Å². The van der Waals surface area contributed by atoms with Gasteiger partial charge in [0.05, 0.1) is 0 Å². The fraction of sp³-hybridized carbons (Fsp3) is 0.286. The van der Waals surface area contributed by atoms with Gasteiger partial charge in [0.15, 0.2) is 12.2 Å². The third kappa shape index (κ3) is 5.43. The van der Waals surface area contributed by atoms with Crippen molar-refractivity contribution < 1.29 is 13.9 Å². The number of hydrogen-bond donors (Lipinski definition) is 1. The molecule has 0 bridgehead atoms. The van der Waals surface area contributed by atoms with Gasteiger partial charge >= 0.3 is 0 Å². The highest BCUT2D eigenvalue weighted by molar-refractivity contribution is 5.92. The average Bonchev–Trinajstić information content (AvgIpc) is 3.26. The number of carbonyl (C=O) groups excluding carboxylic acids is 1. The Balaban J connectivity index is 1.37. The largest absolute Gasteiger partial charge is 0.484 e. The van der Waals surface area contributed by atoms with Gasteiger partial charge in [-0.2, -0.15) is 0 Å². The zero-order chi connectivity index (χ0) is 23.4. The number of nitrogens with one attached hydrogen (secondary N) is 1. The van der Waals surface area contributed by atoms with Crippen LogP contribution in [0.5, 0.6) is 5.75 Å². The topological polar surface area (TPSA) is 64.4 Å². The molecule has 4 rings (SSSR count). The van der Waals surface area contributed by atoms with E-state index in [2.05, 4.69) is 50.1 Å². The fourth-order valence-electron chi connectivity index (χ4n) is 3.60. The molecule has 0 radical (unpaired) electrons. The minimum absolute atomic E-state index is 0.0492. The minimum Gasteiger partial charge on any atom is -0.484 e. The van der Waals surface area contributed by atoms with Crippen molar-refractivity contribution in [1.29, 1.82) is 0 Å². The molecule has 5 heteroatoms. The van der Waals surface area contributed by atoms with E-state index in [-0.39, 0.29) is 12.5 Å². The van der Waals surface area contributed by atoms with E-state index in [0.29, 0.717) is 29.2 Å². The van der Waals surface area contributed by atoms with Gasteiger partial charge in [0.2, 0.25) is 5.89 Å². The van der Waals surface area contributed by atoms with E-state index in [1.165, 1.54) is 11.1 Å². The standard InChI is InChI=1S/C28H30N2O3/c1-5-19(4)22-10-15-26-25(16-22)30-28(33-26)21-6-11-23(12-7-21)29-27(31)17-32-24-13-8-20(9-14-24)18(2)3/h6-16,18-19H,5,17H2,1-4H3,(H,29,31)/t19-/m0/s1. The summed E-state index contributed by atoms with van der Waals surface area (Å²) in [6.07, 6.45) is 1.08. The average molecular weight is 443 g/mol. The lowest BCUT2D eigenvalue weighted by Gasteiger charge is -2.09. The number of anilines is 1. The molecular weight excluding hydrogens is 412 g/mol. The molecule has 0 aliphatic rings. The number of aromatic nitrogens is 1. The second-order valence-corrected chi connectivity index (χ2v) is 8.69. The Morgan fingerprint density at radius 2 is 1.67 bits per heavy atom. The second-order valence-electron chi connectivity index (χ2n) is 8.69. The van der Waals surface area contributed by atoms with Crippen LogP contribution in [-0.4, -0.2) is 17.5 Å². The predicted molar refractivity (Wildman–Crippen MR) is 133 cm³/mol. The second kappa shape index (κ2) is 9.90. The molecule has 4 aromatic rings. The van der Waals surface area contributed by atoms with E-state index >= 15 is 0 Å². The summed E-state index contributed by atoms with van der Waals surface area (Å²) in [5.41, 5.74) is 5.68. The van der Waals surface area contributed by atoms with Crippen LogP contribution >= 0.6 is 0 Å². The van der Waals surface area contributed by atoms with Gasteiger partial charge in [-0.05, 0) is 77.9 Å². The molecule has 0 aliphatic heterocycles. The van der Waals surface area contributed by atoms with Crippen LogP contribution in [-0.2, 0) is 4.79 Å². The van der Waals surface area contributed by atoms with E-state index < -0.39 is 0 Å². The summed E-state index contributed by atoms with van der Waals surface area (Å²) in [6, 6.07) is 21.5. The van der Waals surface area contributed by atoms with Crippen LogP contribution in [0.15, 0.2) is 71.1 Å². The van der Waals surface area contributed by atoms with E-state index in [0.717, 1.165) is 23.1 Å². The number of hydrogen-bond acceptors (Lipinski definition) is 4. The van der Waals surface area contributed by atoms with Gasteiger partial charge in [-0.15, -0.1) is 0 Å². The van der Waals surface area contributed by atoms with Gasteiger partial charge in [0.25, 0.3) is 5.91 Å². The molecule has 1 aromatic heterocycles. The van der Waals surface area contributed by atoms with Crippen LogP contribution < -0.4 is 10.1 Å². The Hall–Kier alpha value is -3.60. The lowest BCUT2D eigenvalue weighted by atomic mass is 9.98. The van der Waals surface area contributed by atoms with Crippen molar-refractivity contribution in [3.05, 3.63) is 77.9 Å². The Labute approximate surface area is 194 Å². The number of nitrogens with zero attached hydrogens (tertiary/aromatic N) is 1. The van der Waals surface area contributed by atoms with Crippen LogP contribution in [0.3, 0.4) is 0 Å². The number of carbonyl (C=O) groups is 1. The van der Waals surface area contributed by atoms with Gasteiger partial charge in [0, 0.05) is 11.3 Å². The highest BCUT2D eigenvalue weighted by Gasteiger charge is 2.12. The monoisotopic (exact) mass is 442 g/mol. The predicted octanol–water partition coefficient (Wildman–Crippen LogP) is 7.15. The molecule has 1 amide bonds. The number of ether oxygens (including phenoxy) is 1. The Morgan fingerprint density at radius 1 is 0.970 bits per heavy atom. The summed E-state index contributed by atoms with van der Waals surface area (Å²) in [6.45, 7) is 8.62. The molecule has 0 spiro atoms. The molecule has 1 heterocycles. The molecular formula is C28H30N2O3. The zero-order valence-corrected chi connectivity index (χ0v) is 19.6. The first-order valence-electron chi connectivity index (χ1n) is 11.5. The lowest BCUT2D eigenvalue weighted by Crippen LogP contribution is -2.20. The minimum atomic E-state index is -0.213. The van der Waals surface area contributed by atoms with Gasteiger partial charge in [0.1, 0.15) is 11.3 Å². The molecule has 1 N–H and O–H groups in total. The smallest absolute Gasteiger partial charge is 0.262 e. The SMILES string of the molecule is CC[C@H](C)c1ccc2oc(-c3ccc(NC(=O)COc4ccc(C(C)C)cc4)cc3)nc2c1. The maximum Gasteiger partial charge on any atom is 0.262 e. The first-order chi connectivity index (χ1) is 15.9. The Bertz CT molecular complexity index is 1220. The molecule has 0 unspecified atom stereocenters. The van der Waals surface area contributed by atoms with Crippen LogP contribution in [0.25, 0.3) is 22.6 Å². The van der Waals surface area contributed by atoms with Crippen molar-refractivity contribution in [3.63, 3.8) is 0 Å². The molecule has 0 aliphatic carbocycles. The molecule has 3 aromatic carbocycles. The number of fused-ring (bicyclic) bond motifs is 1. The van der Waals surface area contributed by atoms with Crippen molar-refractivity contribution in [3.8, 4) is 17.2 Å². The van der Waals surface area contributed by atoms with Crippen molar-refractivity contribution in [2.45, 2.75) is 46.0 Å². The van der Waals surface area contributed by atoms with Crippen LogP contribution in [0.1, 0.15) is 57.1 Å². The number of oxazole rings is 1. The third-order valence-corrected chi connectivity index (χ3v) is 5.93. The van der Waals surface area contributed by atoms with Crippen molar-refractivity contribution in [2.24, 2.45) is 0 Å². The van der Waals surface area contributed by atoms with Crippen molar-refractivity contribution in [2.75, 3.05) is 11.9 Å². The molecule has 0 saturated carbocycles. The lowest BCUT2D eigenvalue weighted by molar-refractivity contribution is -0.118. The Kier molecular flexibility index (Phi) is 6.78. The normalized spacial score (nSPS) is 12.2. The summed E-state index contributed by atoms with van der Waals surface area (Å²) in [5, 5.41) is 2.86. The van der Waals surface area contributed by atoms with Gasteiger partial charge < -0.3 is 14.5 Å². The van der Waals surface area contributed by atoms with Gasteiger partial charge in [-0.3, -0.25) is 4.79 Å². The first kappa shape index (κ1) is 22.6. The van der Waals surface area contributed by atoms with Crippen molar-refractivity contribution in [1.82, 2.24) is 4.98 Å².